The molecule has 0 aromatic heterocycles. The summed E-state index contributed by atoms with van der Waals surface area (Å²) in [6, 6.07) is 0. The van der Waals surface area contributed by atoms with Gasteiger partial charge in [-0.25, -0.2) is 0 Å². The number of rotatable bonds is 48. The molecule has 0 aliphatic heterocycles. The minimum atomic E-state index is -0.777. The van der Waals surface area contributed by atoms with Crippen molar-refractivity contribution >= 4 is 17.9 Å². The number of esters is 3. The molecule has 0 aliphatic rings. The van der Waals surface area contributed by atoms with Gasteiger partial charge in [0.25, 0.3) is 0 Å². The van der Waals surface area contributed by atoms with Gasteiger partial charge in [-0.05, 0) is 70.6 Å². The highest BCUT2D eigenvalue weighted by molar-refractivity contribution is 5.71. The molecule has 0 aromatic carbocycles. The van der Waals surface area contributed by atoms with Crippen LogP contribution in [-0.4, -0.2) is 37.2 Å². The second kappa shape index (κ2) is 51.0. The molecule has 0 radical (unpaired) electrons. The Labute approximate surface area is 384 Å². The molecule has 1 unspecified atom stereocenters. The highest BCUT2D eigenvalue weighted by Crippen LogP contribution is 2.16. The zero-order valence-corrected chi connectivity index (χ0v) is 41.1. The maximum Gasteiger partial charge on any atom is 0.306 e. The van der Waals surface area contributed by atoms with E-state index in [9.17, 15) is 14.4 Å². The molecule has 0 bridgehead atoms. The topological polar surface area (TPSA) is 78.9 Å². The molecule has 0 aliphatic carbocycles. The Kier molecular flexibility index (Phi) is 48.8. The van der Waals surface area contributed by atoms with Crippen LogP contribution in [0.15, 0.2) is 48.6 Å². The summed E-state index contributed by atoms with van der Waals surface area (Å²) in [5, 5.41) is 0. The third-order valence-electron chi connectivity index (χ3n) is 11.6. The molecule has 0 amide bonds. The third kappa shape index (κ3) is 48.4. The summed E-state index contributed by atoms with van der Waals surface area (Å²) in [4.78, 5) is 38.0. The smallest absolute Gasteiger partial charge is 0.306 e. The molecule has 0 aromatic rings. The largest absolute Gasteiger partial charge is 0.462 e. The van der Waals surface area contributed by atoms with Crippen molar-refractivity contribution < 1.29 is 28.6 Å². The summed E-state index contributed by atoms with van der Waals surface area (Å²) in [6.45, 7) is 6.44. The van der Waals surface area contributed by atoms with Crippen molar-refractivity contribution in [1.29, 1.82) is 0 Å². The van der Waals surface area contributed by atoms with Gasteiger partial charge >= 0.3 is 17.9 Å². The Morgan fingerprint density at radius 1 is 0.339 bits per heavy atom. The Morgan fingerprint density at radius 2 is 0.629 bits per heavy atom. The van der Waals surface area contributed by atoms with E-state index in [4.69, 9.17) is 14.2 Å². The zero-order valence-electron chi connectivity index (χ0n) is 41.1. The number of carbonyl (C=O) groups excluding carboxylic acids is 3. The summed E-state index contributed by atoms with van der Waals surface area (Å²) in [5.74, 6) is -0.883. The van der Waals surface area contributed by atoms with E-state index in [1.54, 1.807) is 0 Å². The molecule has 0 N–H and O–H groups in total. The normalized spacial score (nSPS) is 12.4. The van der Waals surface area contributed by atoms with Crippen LogP contribution in [0.2, 0.25) is 0 Å². The molecular weight excluding hydrogens is 769 g/mol. The lowest BCUT2D eigenvalue weighted by Gasteiger charge is -2.18. The van der Waals surface area contributed by atoms with Gasteiger partial charge in [0.1, 0.15) is 13.2 Å². The standard InChI is InChI=1S/C56H100O6/c1-4-7-10-13-16-19-22-25-28-29-32-34-37-40-43-46-49-55(58)61-52-53(62-56(59)50-47-44-41-38-35-31-27-24-21-18-15-12-9-6-3)51-60-54(57)48-45-42-39-36-33-30-26-23-20-17-14-11-8-5-2/h8-9,11-12,17-18,20-21,53H,4-7,10,13-16,19,22-52H2,1-3H3/b11-8-,12-9-,20-17-,21-18-. The van der Waals surface area contributed by atoms with Crippen molar-refractivity contribution in [2.75, 3.05) is 13.2 Å². The van der Waals surface area contributed by atoms with Crippen LogP contribution in [-0.2, 0) is 28.6 Å². The first-order valence-corrected chi connectivity index (χ1v) is 26.6. The van der Waals surface area contributed by atoms with Crippen LogP contribution in [0.25, 0.3) is 0 Å². The van der Waals surface area contributed by atoms with Crippen LogP contribution in [0, 0.1) is 0 Å². The first kappa shape index (κ1) is 59.4. The van der Waals surface area contributed by atoms with Crippen LogP contribution >= 0.6 is 0 Å². The number of unbranched alkanes of at least 4 members (excludes halogenated alkanes) is 29. The summed E-state index contributed by atoms with van der Waals surface area (Å²) in [7, 11) is 0. The van der Waals surface area contributed by atoms with E-state index < -0.39 is 6.10 Å². The van der Waals surface area contributed by atoms with E-state index in [0.29, 0.717) is 19.3 Å². The fourth-order valence-corrected chi connectivity index (χ4v) is 7.64. The lowest BCUT2D eigenvalue weighted by atomic mass is 10.0. The molecule has 0 heterocycles. The Balaban J connectivity index is 4.36. The Morgan fingerprint density at radius 3 is 0.968 bits per heavy atom. The summed E-state index contributed by atoms with van der Waals surface area (Å²) in [5.41, 5.74) is 0. The fourth-order valence-electron chi connectivity index (χ4n) is 7.64. The highest BCUT2D eigenvalue weighted by Gasteiger charge is 2.19. The zero-order chi connectivity index (χ0) is 45.1. The number of hydrogen-bond acceptors (Lipinski definition) is 6. The number of carbonyl (C=O) groups is 3. The molecule has 0 spiro atoms. The van der Waals surface area contributed by atoms with Gasteiger partial charge in [-0.3, -0.25) is 14.4 Å². The minimum Gasteiger partial charge on any atom is -0.462 e. The highest BCUT2D eigenvalue weighted by atomic mass is 16.6. The van der Waals surface area contributed by atoms with Gasteiger partial charge in [0.2, 0.25) is 0 Å². The van der Waals surface area contributed by atoms with Crippen molar-refractivity contribution in [3.8, 4) is 0 Å². The first-order chi connectivity index (χ1) is 30.5. The monoisotopic (exact) mass is 869 g/mol. The van der Waals surface area contributed by atoms with E-state index >= 15 is 0 Å². The van der Waals surface area contributed by atoms with E-state index in [1.807, 2.05) is 0 Å². The average molecular weight is 869 g/mol. The second-order valence-corrected chi connectivity index (χ2v) is 17.7. The van der Waals surface area contributed by atoms with Gasteiger partial charge in [0, 0.05) is 19.3 Å². The Hall–Kier alpha value is -2.63. The quantitative estimate of drug-likeness (QED) is 0.0262. The SMILES string of the molecule is CC/C=C\C/C=C\CCCCCCCCCC(=O)OCC(COC(=O)CCCCCCCCCCCCCCCCCC)OC(=O)CCCCCCCCC/C=C\C/C=C\CC. The molecule has 360 valence electrons. The molecule has 6 heteroatoms. The van der Waals surface area contributed by atoms with Crippen LogP contribution in [0.3, 0.4) is 0 Å². The maximum atomic E-state index is 12.8. The minimum absolute atomic E-state index is 0.0764. The fraction of sp³-hybridized carbons (Fsp3) is 0.804. The molecule has 0 saturated carbocycles. The van der Waals surface area contributed by atoms with Crippen molar-refractivity contribution in [1.82, 2.24) is 0 Å². The number of hydrogen-bond donors (Lipinski definition) is 0. The predicted octanol–water partition coefficient (Wildman–Crippen LogP) is 17.5. The van der Waals surface area contributed by atoms with Gasteiger partial charge in [0.05, 0.1) is 0 Å². The van der Waals surface area contributed by atoms with Crippen molar-refractivity contribution in [2.45, 2.75) is 277 Å². The molecule has 62 heavy (non-hydrogen) atoms. The summed E-state index contributed by atoms with van der Waals surface area (Å²) in [6.07, 6.45) is 60.9. The lowest BCUT2D eigenvalue weighted by molar-refractivity contribution is -0.167. The lowest BCUT2D eigenvalue weighted by Crippen LogP contribution is -2.30. The summed E-state index contributed by atoms with van der Waals surface area (Å²) >= 11 is 0. The molecule has 1 atom stereocenters. The van der Waals surface area contributed by atoms with Gasteiger partial charge in [-0.1, -0.05) is 230 Å². The van der Waals surface area contributed by atoms with E-state index in [0.717, 1.165) is 96.3 Å². The first-order valence-electron chi connectivity index (χ1n) is 26.6. The van der Waals surface area contributed by atoms with E-state index in [2.05, 4.69) is 69.4 Å². The van der Waals surface area contributed by atoms with E-state index in [1.165, 1.54) is 135 Å². The Bertz CT molecular complexity index is 1090. The predicted molar refractivity (Wildman–Crippen MR) is 265 cm³/mol. The maximum absolute atomic E-state index is 12.8. The van der Waals surface area contributed by atoms with Crippen LogP contribution in [0.5, 0.6) is 0 Å². The van der Waals surface area contributed by atoms with E-state index in [-0.39, 0.29) is 31.1 Å². The van der Waals surface area contributed by atoms with Gasteiger partial charge in [-0.15, -0.1) is 0 Å². The van der Waals surface area contributed by atoms with Crippen molar-refractivity contribution in [3.63, 3.8) is 0 Å². The van der Waals surface area contributed by atoms with Gasteiger partial charge in [0.15, 0.2) is 6.10 Å². The van der Waals surface area contributed by atoms with Crippen molar-refractivity contribution in [3.05, 3.63) is 48.6 Å². The third-order valence-corrected chi connectivity index (χ3v) is 11.6. The average Bonchev–Trinajstić information content (AvgIpc) is 3.27. The molecular formula is C56H100O6. The van der Waals surface area contributed by atoms with Crippen LogP contribution < -0.4 is 0 Å². The molecule has 0 fully saturated rings. The van der Waals surface area contributed by atoms with Gasteiger partial charge < -0.3 is 14.2 Å². The second-order valence-electron chi connectivity index (χ2n) is 17.7. The molecule has 0 rings (SSSR count). The van der Waals surface area contributed by atoms with Crippen LogP contribution in [0.4, 0.5) is 0 Å². The molecule has 0 saturated heterocycles. The number of allylic oxidation sites excluding steroid dienone is 8. The molecule has 6 nitrogen and oxygen atoms in total. The van der Waals surface area contributed by atoms with Gasteiger partial charge in [-0.2, -0.15) is 0 Å². The number of ether oxygens (including phenoxy) is 3. The summed E-state index contributed by atoms with van der Waals surface area (Å²) < 4.78 is 16.8. The van der Waals surface area contributed by atoms with Crippen LogP contribution in [0.1, 0.15) is 271 Å². The van der Waals surface area contributed by atoms with Crippen molar-refractivity contribution in [2.24, 2.45) is 0 Å².